The van der Waals surface area contributed by atoms with E-state index in [4.69, 9.17) is 0 Å². The van der Waals surface area contributed by atoms with Crippen LogP contribution in [0.2, 0.25) is 0 Å². The average Bonchev–Trinajstić information content (AvgIpc) is 3.66. The van der Waals surface area contributed by atoms with Crippen molar-refractivity contribution in [3.05, 3.63) is 56.6 Å². The van der Waals surface area contributed by atoms with E-state index in [0.29, 0.717) is 0 Å². The van der Waals surface area contributed by atoms with Gasteiger partial charge < -0.3 is 0 Å². The first-order valence-electron chi connectivity index (χ1n) is 21.2. The minimum absolute atomic E-state index is 0.00646. The second kappa shape index (κ2) is 11.9. The maximum absolute atomic E-state index is 17.0. The molecular formula is C48H74GeO. The second-order valence-electron chi connectivity index (χ2n) is 20.7. The summed E-state index contributed by atoms with van der Waals surface area (Å²) in [5, 5.41) is 0. The van der Waals surface area contributed by atoms with Crippen LogP contribution in [0.4, 0.5) is 0 Å². The molecule has 4 aliphatic rings. The summed E-state index contributed by atoms with van der Waals surface area (Å²) < 4.78 is 19.8. The molecule has 0 N–H and O–H groups in total. The van der Waals surface area contributed by atoms with E-state index in [0.717, 1.165) is 51.4 Å². The fraction of sp³-hybridized carbons (Fsp3) is 0.750. The van der Waals surface area contributed by atoms with Crippen LogP contribution in [0.1, 0.15) is 232 Å². The average molecular weight is 740 g/mol. The first kappa shape index (κ1) is 38.5. The van der Waals surface area contributed by atoms with Gasteiger partial charge in [-0.3, -0.25) is 0 Å². The maximum atomic E-state index is 17.0. The Bertz CT molecular complexity index is 1470. The van der Waals surface area contributed by atoms with Gasteiger partial charge in [0.2, 0.25) is 0 Å². The van der Waals surface area contributed by atoms with Crippen LogP contribution >= 0.6 is 0 Å². The van der Waals surface area contributed by atoms with Gasteiger partial charge in [0.15, 0.2) is 0 Å². The number of hydrogen-bond acceptors (Lipinski definition) is 1. The van der Waals surface area contributed by atoms with Crippen LogP contribution in [0.25, 0.3) is 0 Å². The van der Waals surface area contributed by atoms with Crippen LogP contribution < -0.4 is 8.79 Å². The fourth-order valence-electron chi connectivity index (χ4n) is 14.1. The molecule has 0 saturated heterocycles. The van der Waals surface area contributed by atoms with Crippen molar-refractivity contribution >= 4 is 23.1 Å². The van der Waals surface area contributed by atoms with Crippen LogP contribution in [0.15, 0.2) is 12.1 Å². The first-order chi connectivity index (χ1) is 23.2. The molecule has 0 atom stereocenters. The third-order valence-electron chi connectivity index (χ3n) is 16.6. The second-order valence-corrected chi connectivity index (χ2v) is 24.2. The van der Waals surface area contributed by atoms with Crippen molar-refractivity contribution in [2.24, 2.45) is 0 Å². The van der Waals surface area contributed by atoms with E-state index in [2.05, 4.69) is 123 Å². The molecule has 276 valence electrons. The molecule has 0 spiro atoms. The van der Waals surface area contributed by atoms with Gasteiger partial charge in [0.25, 0.3) is 0 Å². The van der Waals surface area contributed by atoms with Crippen LogP contribution in [0, 0.1) is 0 Å². The molecule has 0 unspecified atom stereocenters. The fourth-order valence-corrected chi connectivity index (χ4v) is 20.5. The quantitative estimate of drug-likeness (QED) is 0.222. The molecule has 50 heavy (non-hydrogen) atoms. The van der Waals surface area contributed by atoms with Gasteiger partial charge >= 0.3 is 315 Å². The summed E-state index contributed by atoms with van der Waals surface area (Å²) in [6.45, 7) is 39.6. The summed E-state index contributed by atoms with van der Waals surface area (Å²) >= 11 is -3.42. The topological polar surface area (TPSA) is 17.1 Å². The van der Waals surface area contributed by atoms with Crippen molar-refractivity contribution in [1.82, 2.24) is 0 Å². The number of benzene rings is 2. The van der Waals surface area contributed by atoms with Gasteiger partial charge in [-0.25, -0.2) is 0 Å². The Morgan fingerprint density at radius 2 is 0.580 bits per heavy atom. The van der Waals surface area contributed by atoms with Crippen molar-refractivity contribution < 1.29 is 3.78 Å². The van der Waals surface area contributed by atoms with E-state index in [-0.39, 0.29) is 43.3 Å². The summed E-state index contributed by atoms with van der Waals surface area (Å²) in [6.07, 6.45) is 13.9. The van der Waals surface area contributed by atoms with Crippen molar-refractivity contribution in [2.75, 3.05) is 0 Å². The Kier molecular flexibility index (Phi) is 9.16. The molecule has 0 bridgehead atoms. The third-order valence-corrected chi connectivity index (χ3v) is 20.6. The molecule has 2 aromatic rings. The van der Waals surface area contributed by atoms with Crippen LogP contribution in [-0.2, 0) is 47.1 Å². The molecule has 0 radical (unpaired) electrons. The monoisotopic (exact) mass is 740 g/mol. The van der Waals surface area contributed by atoms with Crippen LogP contribution in [0.3, 0.4) is 0 Å². The van der Waals surface area contributed by atoms with Crippen molar-refractivity contribution in [3.8, 4) is 0 Å². The molecule has 0 fully saturated rings. The summed E-state index contributed by atoms with van der Waals surface area (Å²) in [7, 11) is 0. The standard InChI is InChI=1S/C48H74GeO/c1-17-45(18-2)27-41(9,10)35-31(45)25-32-36(42(11,12)28-46(32,19-3)20-4)39(35)49(50)40-37-33(47(21-5,22-6)29-43(37,13)14)26-34-38(40)44(15,16)30-48(34,23-7)24-8/h25-26H,17-24,27-30H2,1-16H3. The van der Waals surface area contributed by atoms with Gasteiger partial charge in [0, 0.05) is 0 Å². The first-order valence-corrected chi connectivity index (χ1v) is 24.1. The number of rotatable bonds is 10. The summed E-state index contributed by atoms with van der Waals surface area (Å²) in [4.78, 5) is 0. The molecule has 0 aromatic heterocycles. The molecular weight excluding hydrogens is 665 g/mol. The third kappa shape index (κ3) is 4.81. The van der Waals surface area contributed by atoms with Crippen molar-refractivity contribution in [2.45, 2.75) is 231 Å². The van der Waals surface area contributed by atoms with Gasteiger partial charge in [-0.2, -0.15) is 0 Å². The Labute approximate surface area is 313 Å². The summed E-state index contributed by atoms with van der Waals surface area (Å²) in [5.41, 5.74) is 13.0. The van der Waals surface area contributed by atoms with E-state index in [1.165, 1.54) is 56.7 Å². The molecule has 2 aromatic carbocycles. The Morgan fingerprint density at radius 1 is 0.400 bits per heavy atom. The predicted octanol–water partition coefficient (Wildman–Crippen LogP) is 12.2. The van der Waals surface area contributed by atoms with Crippen molar-refractivity contribution in [3.63, 3.8) is 0 Å². The van der Waals surface area contributed by atoms with E-state index >= 15 is 3.78 Å². The zero-order valence-electron chi connectivity index (χ0n) is 35.5. The summed E-state index contributed by atoms with van der Waals surface area (Å²) in [6, 6.07) is 5.46. The van der Waals surface area contributed by atoms with Gasteiger partial charge in [-0.1, -0.05) is 0 Å². The van der Waals surface area contributed by atoms with E-state index in [1.54, 1.807) is 22.3 Å². The number of fused-ring (bicyclic) bond motifs is 4. The number of hydrogen-bond donors (Lipinski definition) is 0. The van der Waals surface area contributed by atoms with E-state index in [1.807, 2.05) is 0 Å². The molecule has 0 amide bonds. The zero-order chi connectivity index (χ0) is 37.3. The van der Waals surface area contributed by atoms with E-state index in [9.17, 15) is 0 Å². The Hall–Kier alpha value is -1.22. The molecule has 6 rings (SSSR count). The molecule has 4 aliphatic carbocycles. The van der Waals surface area contributed by atoms with Gasteiger partial charge in [0.05, 0.1) is 0 Å². The molecule has 1 nitrogen and oxygen atoms in total. The van der Waals surface area contributed by atoms with Gasteiger partial charge in [-0.15, -0.1) is 0 Å². The molecule has 0 aliphatic heterocycles. The predicted molar refractivity (Wildman–Crippen MR) is 218 cm³/mol. The summed E-state index contributed by atoms with van der Waals surface area (Å²) in [5.74, 6) is 0. The normalized spacial score (nSPS) is 24.5. The SMILES string of the molecule is CCC1(CC)CC(C)(C)c2c1cc1c([c]2[Ge](=[O])[c]2c3c(cc4c2C(C)(C)CC4(CC)CC)C(CC)(CC)CC3(C)C)C(C)(C)CC1(CC)CC. The van der Waals surface area contributed by atoms with Crippen LogP contribution in [-0.4, -0.2) is 14.3 Å². The van der Waals surface area contributed by atoms with Crippen LogP contribution in [0.5, 0.6) is 0 Å². The van der Waals surface area contributed by atoms with Crippen molar-refractivity contribution in [1.29, 1.82) is 0 Å². The van der Waals surface area contributed by atoms with Gasteiger partial charge in [0.1, 0.15) is 0 Å². The Balaban J connectivity index is 1.86. The minimum atomic E-state index is -3.42. The molecule has 2 heteroatoms. The molecule has 0 saturated carbocycles. The Morgan fingerprint density at radius 3 is 0.740 bits per heavy atom. The van der Waals surface area contributed by atoms with Gasteiger partial charge in [-0.05, 0) is 0 Å². The molecule has 0 heterocycles. The zero-order valence-corrected chi connectivity index (χ0v) is 37.6. The van der Waals surface area contributed by atoms with E-state index < -0.39 is 14.3 Å².